The van der Waals surface area contributed by atoms with Crippen LogP contribution in [0.3, 0.4) is 0 Å². The molecule has 1 radical (unpaired) electrons. The molecule has 1 aliphatic heterocycles. The Morgan fingerprint density at radius 2 is 2.38 bits per heavy atom. The maximum absolute atomic E-state index is 11.3. The van der Waals surface area contributed by atoms with Gasteiger partial charge >= 0.3 is 5.97 Å². The molecule has 16 heavy (non-hydrogen) atoms. The quantitative estimate of drug-likeness (QED) is 0.362. The molecule has 1 aliphatic carbocycles. The van der Waals surface area contributed by atoms with E-state index in [1.54, 1.807) is 0 Å². The Morgan fingerprint density at radius 1 is 1.62 bits per heavy atom. The van der Waals surface area contributed by atoms with E-state index in [0.717, 1.165) is 33.3 Å². The van der Waals surface area contributed by atoms with Crippen molar-refractivity contribution in [2.24, 2.45) is 17.6 Å². The monoisotopic (exact) mass is 225 g/mol. The summed E-state index contributed by atoms with van der Waals surface area (Å²) in [4.78, 5) is 11.3. The van der Waals surface area contributed by atoms with Crippen LogP contribution in [0, 0.1) is 11.8 Å². The van der Waals surface area contributed by atoms with Crippen molar-refractivity contribution in [2.45, 2.75) is 37.2 Å². The second-order valence-corrected chi connectivity index (χ2v) is 4.91. The third-order valence-electron chi connectivity index (χ3n) is 4.16. The molecule has 1 saturated carbocycles. The zero-order chi connectivity index (χ0) is 11.8. The summed E-state index contributed by atoms with van der Waals surface area (Å²) in [5, 5.41) is 21.3. The van der Waals surface area contributed by atoms with Crippen LogP contribution in [-0.2, 0) is 4.79 Å². The number of nitrogens with two attached hydrogens (primary N) is 1. The minimum Gasteiger partial charge on any atom is -0.480 e. The topological polar surface area (TPSA) is 95.6 Å². The first-order valence-corrected chi connectivity index (χ1v) is 5.82. The lowest BCUT2D eigenvalue weighted by Gasteiger charge is -2.37. The smallest absolute Gasteiger partial charge is 0.324 e. The number of aliphatic carboxylic acids is 1. The molecule has 4 atom stereocenters. The molecular weight excluding hydrogens is 207 g/mol. The Bertz CT molecular complexity index is 289. The molecule has 0 aromatic heterocycles. The normalized spacial score (nSPS) is 41.2. The maximum Gasteiger partial charge on any atom is 0.324 e. The number of hydrogen-bond donors (Lipinski definition) is 4. The van der Waals surface area contributed by atoms with Crippen LogP contribution in [0.4, 0.5) is 0 Å². The van der Waals surface area contributed by atoms with Crippen LogP contribution < -0.4 is 11.1 Å². The van der Waals surface area contributed by atoms with Crippen LogP contribution in [0.2, 0.25) is 6.32 Å². The first kappa shape index (κ1) is 11.9. The van der Waals surface area contributed by atoms with Crippen LogP contribution in [-0.4, -0.2) is 41.7 Å². The average molecular weight is 225 g/mol. The first-order chi connectivity index (χ1) is 7.60. The Labute approximate surface area is 95.7 Å². The van der Waals surface area contributed by atoms with Crippen LogP contribution in [0.25, 0.3) is 0 Å². The van der Waals surface area contributed by atoms with Crippen LogP contribution in [0.5, 0.6) is 0 Å². The van der Waals surface area contributed by atoms with E-state index in [-0.39, 0.29) is 17.9 Å². The predicted molar refractivity (Wildman–Crippen MR) is 60.0 cm³/mol. The van der Waals surface area contributed by atoms with Crippen molar-refractivity contribution in [2.75, 3.05) is 6.54 Å². The highest BCUT2D eigenvalue weighted by Gasteiger charge is 2.60. The fraction of sp³-hybridized carbons (Fsp3) is 0.900. The molecule has 1 saturated heterocycles. The number of piperidine rings is 1. The van der Waals surface area contributed by atoms with Crippen molar-refractivity contribution in [3.63, 3.8) is 0 Å². The lowest BCUT2D eigenvalue weighted by atomic mass is 9.75. The van der Waals surface area contributed by atoms with Gasteiger partial charge in [-0.1, -0.05) is 12.7 Å². The molecule has 5 N–H and O–H groups in total. The lowest BCUT2D eigenvalue weighted by molar-refractivity contribution is -0.147. The van der Waals surface area contributed by atoms with Gasteiger partial charge in [-0.25, -0.2) is 0 Å². The zero-order valence-electron chi connectivity index (χ0n) is 9.22. The van der Waals surface area contributed by atoms with Gasteiger partial charge in [-0.3, -0.25) is 4.79 Å². The predicted octanol–water partition coefficient (Wildman–Crippen LogP) is -0.814. The minimum atomic E-state index is -1.06. The molecule has 1 heterocycles. The standard InChI is InChI=1S/C10H18BN2O3/c12-10(9(14)15)6-4-8(13-5-6)7(10)2-1-3-11-16/h6-8,13,16H,1-5,12H2,(H,14,15). The molecular formula is C10H18BN2O3. The fourth-order valence-electron chi connectivity index (χ4n) is 3.28. The Morgan fingerprint density at radius 3 is 3.00 bits per heavy atom. The van der Waals surface area contributed by atoms with Crippen LogP contribution in [0.1, 0.15) is 19.3 Å². The summed E-state index contributed by atoms with van der Waals surface area (Å²) >= 11 is 0. The number of carboxylic acid groups (broad SMARTS) is 1. The molecule has 2 bridgehead atoms. The molecule has 0 aromatic carbocycles. The van der Waals surface area contributed by atoms with E-state index in [1.165, 1.54) is 0 Å². The number of carboxylic acids is 1. The van der Waals surface area contributed by atoms with E-state index in [4.69, 9.17) is 10.8 Å². The number of fused-ring (bicyclic) bond motifs is 2. The summed E-state index contributed by atoms with van der Waals surface area (Å²) in [5.74, 6) is -0.832. The SMILES string of the molecule is NC1(C(=O)O)C2CNC(C2)C1CCC[B]O. The maximum atomic E-state index is 11.3. The number of carbonyl (C=O) groups is 1. The molecule has 89 valence electrons. The third kappa shape index (κ3) is 1.65. The van der Waals surface area contributed by atoms with Gasteiger partial charge in [0.2, 0.25) is 0 Å². The van der Waals surface area contributed by atoms with E-state index in [0.29, 0.717) is 6.32 Å². The van der Waals surface area contributed by atoms with Crippen molar-refractivity contribution >= 4 is 13.5 Å². The summed E-state index contributed by atoms with van der Waals surface area (Å²) in [5.41, 5.74) is 5.04. The van der Waals surface area contributed by atoms with Gasteiger partial charge in [-0.2, -0.15) is 0 Å². The van der Waals surface area contributed by atoms with E-state index >= 15 is 0 Å². The van der Waals surface area contributed by atoms with Gasteiger partial charge in [0.1, 0.15) is 5.54 Å². The highest BCUT2D eigenvalue weighted by atomic mass is 16.4. The summed E-state index contributed by atoms with van der Waals surface area (Å²) in [6.45, 7) is 0.718. The minimum absolute atomic E-state index is 0.0105. The van der Waals surface area contributed by atoms with Gasteiger partial charge in [0.05, 0.1) is 0 Å². The molecule has 0 spiro atoms. The number of rotatable bonds is 5. The van der Waals surface area contributed by atoms with Crippen molar-refractivity contribution < 1.29 is 14.9 Å². The lowest BCUT2D eigenvalue weighted by Crippen LogP contribution is -2.62. The number of hydrogen-bond acceptors (Lipinski definition) is 4. The summed E-state index contributed by atoms with van der Waals surface area (Å²) < 4.78 is 0. The zero-order valence-corrected chi connectivity index (χ0v) is 9.22. The van der Waals surface area contributed by atoms with Gasteiger partial charge in [0.25, 0.3) is 7.48 Å². The molecule has 2 fully saturated rings. The van der Waals surface area contributed by atoms with Crippen LogP contribution in [0.15, 0.2) is 0 Å². The molecule has 2 aliphatic rings. The highest BCUT2D eigenvalue weighted by Crippen LogP contribution is 2.45. The van der Waals surface area contributed by atoms with E-state index in [1.807, 2.05) is 0 Å². The van der Waals surface area contributed by atoms with Gasteiger partial charge in [-0.05, 0) is 12.8 Å². The van der Waals surface area contributed by atoms with Gasteiger partial charge in [0.15, 0.2) is 0 Å². The van der Waals surface area contributed by atoms with Crippen molar-refractivity contribution in [3.05, 3.63) is 0 Å². The highest BCUT2D eigenvalue weighted by molar-refractivity contribution is 6.25. The molecule has 4 unspecified atom stereocenters. The Kier molecular flexibility index (Phi) is 3.23. The summed E-state index contributed by atoms with van der Waals surface area (Å²) in [6, 6.07) is 0.241. The molecule has 0 amide bonds. The Balaban J connectivity index is 2.06. The van der Waals surface area contributed by atoms with E-state index < -0.39 is 11.5 Å². The van der Waals surface area contributed by atoms with Crippen molar-refractivity contribution in [3.8, 4) is 0 Å². The largest absolute Gasteiger partial charge is 0.480 e. The molecule has 6 heteroatoms. The second-order valence-electron chi connectivity index (χ2n) is 4.91. The molecule has 2 rings (SSSR count). The van der Waals surface area contributed by atoms with Gasteiger partial charge in [-0.15, -0.1) is 0 Å². The first-order valence-electron chi connectivity index (χ1n) is 5.82. The van der Waals surface area contributed by atoms with E-state index in [2.05, 4.69) is 5.32 Å². The van der Waals surface area contributed by atoms with Gasteiger partial charge < -0.3 is 21.2 Å². The molecule has 5 nitrogen and oxygen atoms in total. The van der Waals surface area contributed by atoms with Crippen LogP contribution >= 0.6 is 0 Å². The van der Waals surface area contributed by atoms with Crippen molar-refractivity contribution in [1.82, 2.24) is 5.32 Å². The average Bonchev–Trinajstić information content (AvgIpc) is 2.80. The number of nitrogens with one attached hydrogen (secondary N) is 1. The second kappa shape index (κ2) is 4.35. The van der Waals surface area contributed by atoms with Crippen molar-refractivity contribution in [1.29, 1.82) is 0 Å². The molecule has 0 aromatic rings. The summed E-state index contributed by atoms with van der Waals surface area (Å²) in [7, 11) is 1.12. The van der Waals surface area contributed by atoms with E-state index in [9.17, 15) is 9.90 Å². The van der Waals surface area contributed by atoms with Gasteiger partial charge in [0, 0.05) is 24.4 Å². The summed E-state index contributed by atoms with van der Waals surface area (Å²) in [6.07, 6.45) is 3.02. The third-order valence-corrected chi connectivity index (χ3v) is 4.16. The fourth-order valence-corrected chi connectivity index (χ4v) is 3.28. The Hall–Kier alpha value is -0.585.